The number of hydrogen-bond acceptors (Lipinski definition) is 3. The smallest absolute Gasteiger partial charge is 0.0320 e. The SMILES string of the molecule is CSc1ccc(C(C)N2CCCC(C(C)N)C2)cc1. The van der Waals surface area contributed by atoms with Gasteiger partial charge in [-0.2, -0.15) is 0 Å². The fraction of sp³-hybridized carbons (Fsp3) is 0.625. The molecule has 3 atom stereocenters. The quantitative estimate of drug-likeness (QED) is 0.854. The molecule has 1 heterocycles. The van der Waals surface area contributed by atoms with Crippen LogP contribution in [-0.2, 0) is 0 Å². The lowest BCUT2D eigenvalue weighted by molar-refractivity contribution is 0.121. The van der Waals surface area contributed by atoms with E-state index < -0.39 is 0 Å². The van der Waals surface area contributed by atoms with Gasteiger partial charge in [-0.15, -0.1) is 11.8 Å². The van der Waals surface area contributed by atoms with Crippen molar-refractivity contribution in [2.75, 3.05) is 19.3 Å². The third kappa shape index (κ3) is 3.74. The summed E-state index contributed by atoms with van der Waals surface area (Å²) in [5.74, 6) is 0.654. The van der Waals surface area contributed by atoms with E-state index in [4.69, 9.17) is 5.73 Å². The van der Waals surface area contributed by atoms with E-state index in [2.05, 4.69) is 49.3 Å². The van der Waals surface area contributed by atoms with Crippen LogP contribution < -0.4 is 5.73 Å². The number of thioether (sulfide) groups is 1. The van der Waals surface area contributed by atoms with Crippen LogP contribution in [0.4, 0.5) is 0 Å². The van der Waals surface area contributed by atoms with Crippen LogP contribution >= 0.6 is 11.8 Å². The average Bonchev–Trinajstić information content (AvgIpc) is 2.46. The fourth-order valence-corrected chi connectivity index (χ4v) is 3.32. The number of likely N-dealkylation sites (tertiary alicyclic amines) is 1. The molecular weight excluding hydrogens is 252 g/mol. The van der Waals surface area contributed by atoms with Gasteiger partial charge in [0.25, 0.3) is 0 Å². The molecule has 2 rings (SSSR count). The Labute approximate surface area is 121 Å². The summed E-state index contributed by atoms with van der Waals surface area (Å²) in [6.07, 6.45) is 4.68. The number of rotatable bonds is 4. The summed E-state index contributed by atoms with van der Waals surface area (Å²) >= 11 is 1.80. The Morgan fingerprint density at radius 1 is 1.26 bits per heavy atom. The van der Waals surface area contributed by atoms with Gasteiger partial charge in [-0.05, 0) is 63.1 Å². The molecule has 1 aliphatic heterocycles. The normalized spacial score (nSPS) is 24.1. The van der Waals surface area contributed by atoms with Crippen molar-refractivity contribution in [1.29, 1.82) is 0 Å². The number of nitrogens with two attached hydrogens (primary N) is 1. The van der Waals surface area contributed by atoms with Crippen molar-refractivity contribution in [2.45, 2.75) is 43.7 Å². The summed E-state index contributed by atoms with van der Waals surface area (Å²) in [6, 6.07) is 9.80. The molecule has 2 nitrogen and oxygen atoms in total. The number of hydrogen-bond donors (Lipinski definition) is 1. The highest BCUT2D eigenvalue weighted by molar-refractivity contribution is 7.98. The Balaban J connectivity index is 2.03. The second kappa shape index (κ2) is 6.78. The minimum Gasteiger partial charge on any atom is -0.328 e. The van der Waals surface area contributed by atoms with Gasteiger partial charge < -0.3 is 5.73 Å². The van der Waals surface area contributed by atoms with E-state index in [1.165, 1.54) is 29.8 Å². The number of nitrogens with zero attached hydrogens (tertiary/aromatic N) is 1. The molecule has 1 fully saturated rings. The number of piperidine rings is 1. The summed E-state index contributed by atoms with van der Waals surface area (Å²) in [7, 11) is 0. The first-order valence-corrected chi connectivity index (χ1v) is 8.48. The van der Waals surface area contributed by atoms with Gasteiger partial charge in [0.05, 0.1) is 0 Å². The fourth-order valence-electron chi connectivity index (χ4n) is 2.91. The van der Waals surface area contributed by atoms with Crippen molar-refractivity contribution < 1.29 is 0 Å². The van der Waals surface area contributed by atoms with Crippen LogP contribution in [0.5, 0.6) is 0 Å². The van der Waals surface area contributed by atoms with E-state index in [0.29, 0.717) is 18.0 Å². The average molecular weight is 278 g/mol. The molecule has 3 unspecified atom stereocenters. The standard InChI is InChI=1S/C16H26N2S/c1-12(17)15-5-4-10-18(11-15)13(2)14-6-8-16(19-3)9-7-14/h6-9,12-13,15H,4-5,10-11,17H2,1-3H3. The van der Waals surface area contributed by atoms with E-state index in [9.17, 15) is 0 Å². The van der Waals surface area contributed by atoms with Crippen molar-refractivity contribution in [1.82, 2.24) is 4.90 Å². The molecule has 3 heteroatoms. The van der Waals surface area contributed by atoms with E-state index >= 15 is 0 Å². The molecule has 0 bridgehead atoms. The Bertz CT molecular complexity index is 388. The molecule has 1 aromatic carbocycles. The summed E-state index contributed by atoms with van der Waals surface area (Å²) in [5, 5.41) is 0. The van der Waals surface area contributed by atoms with Crippen molar-refractivity contribution in [3.05, 3.63) is 29.8 Å². The molecule has 1 aromatic rings. The molecule has 19 heavy (non-hydrogen) atoms. The molecule has 0 aliphatic carbocycles. The molecular formula is C16H26N2S. The summed E-state index contributed by atoms with van der Waals surface area (Å²) in [6.45, 7) is 6.81. The van der Waals surface area contributed by atoms with Crippen molar-refractivity contribution in [3.8, 4) is 0 Å². The zero-order valence-electron chi connectivity index (χ0n) is 12.3. The zero-order chi connectivity index (χ0) is 13.8. The summed E-state index contributed by atoms with van der Waals surface area (Å²) in [4.78, 5) is 3.93. The van der Waals surface area contributed by atoms with Gasteiger partial charge in [-0.25, -0.2) is 0 Å². The maximum atomic E-state index is 6.08. The van der Waals surface area contributed by atoms with Crippen molar-refractivity contribution in [2.24, 2.45) is 11.7 Å². The van der Waals surface area contributed by atoms with Crippen LogP contribution in [-0.4, -0.2) is 30.3 Å². The van der Waals surface area contributed by atoms with Gasteiger partial charge in [-0.3, -0.25) is 4.90 Å². The zero-order valence-corrected chi connectivity index (χ0v) is 13.1. The lowest BCUT2D eigenvalue weighted by Crippen LogP contribution is -2.43. The number of benzene rings is 1. The van der Waals surface area contributed by atoms with Crippen LogP contribution in [0, 0.1) is 5.92 Å². The summed E-state index contributed by atoms with van der Waals surface area (Å²) in [5.41, 5.74) is 7.50. The predicted molar refractivity (Wildman–Crippen MR) is 84.6 cm³/mol. The van der Waals surface area contributed by atoms with Gasteiger partial charge >= 0.3 is 0 Å². The molecule has 0 amide bonds. The Kier molecular flexibility index (Phi) is 5.31. The second-order valence-electron chi connectivity index (χ2n) is 5.71. The summed E-state index contributed by atoms with van der Waals surface area (Å²) < 4.78 is 0. The highest BCUT2D eigenvalue weighted by atomic mass is 32.2. The van der Waals surface area contributed by atoms with E-state index in [0.717, 1.165) is 6.54 Å². The van der Waals surface area contributed by atoms with Crippen LogP contribution in [0.15, 0.2) is 29.2 Å². The van der Waals surface area contributed by atoms with E-state index in [-0.39, 0.29) is 0 Å². The van der Waals surface area contributed by atoms with E-state index in [1.54, 1.807) is 11.8 Å². The molecule has 1 saturated heterocycles. The third-order valence-electron chi connectivity index (χ3n) is 4.38. The Hall–Kier alpha value is -0.510. The first kappa shape index (κ1) is 14.9. The first-order valence-electron chi connectivity index (χ1n) is 7.25. The maximum absolute atomic E-state index is 6.08. The third-order valence-corrected chi connectivity index (χ3v) is 5.12. The molecule has 0 radical (unpaired) electrons. The van der Waals surface area contributed by atoms with Gasteiger partial charge in [0.1, 0.15) is 0 Å². The van der Waals surface area contributed by atoms with E-state index in [1.807, 2.05) is 0 Å². The van der Waals surface area contributed by atoms with Crippen LogP contribution in [0.2, 0.25) is 0 Å². The molecule has 1 aliphatic rings. The van der Waals surface area contributed by atoms with Gasteiger partial charge in [0.2, 0.25) is 0 Å². The largest absolute Gasteiger partial charge is 0.328 e. The predicted octanol–water partition coefficient (Wildman–Crippen LogP) is 3.53. The van der Waals surface area contributed by atoms with Crippen molar-refractivity contribution in [3.63, 3.8) is 0 Å². The topological polar surface area (TPSA) is 29.3 Å². The van der Waals surface area contributed by atoms with Crippen LogP contribution in [0.25, 0.3) is 0 Å². The molecule has 0 aromatic heterocycles. The highest BCUT2D eigenvalue weighted by Gasteiger charge is 2.26. The molecule has 0 spiro atoms. The van der Waals surface area contributed by atoms with Crippen molar-refractivity contribution >= 4 is 11.8 Å². The monoisotopic (exact) mass is 278 g/mol. The minimum absolute atomic E-state index is 0.314. The lowest BCUT2D eigenvalue weighted by Gasteiger charge is -2.38. The first-order chi connectivity index (χ1) is 9.11. The lowest BCUT2D eigenvalue weighted by atomic mass is 9.90. The van der Waals surface area contributed by atoms with Crippen LogP contribution in [0.3, 0.4) is 0 Å². The van der Waals surface area contributed by atoms with Gasteiger partial charge in [0, 0.05) is 23.5 Å². The molecule has 0 saturated carbocycles. The minimum atomic E-state index is 0.314. The highest BCUT2D eigenvalue weighted by Crippen LogP contribution is 2.28. The van der Waals surface area contributed by atoms with Gasteiger partial charge in [-0.1, -0.05) is 12.1 Å². The van der Waals surface area contributed by atoms with Gasteiger partial charge in [0.15, 0.2) is 0 Å². The second-order valence-corrected chi connectivity index (χ2v) is 6.59. The molecule has 2 N–H and O–H groups in total. The van der Waals surface area contributed by atoms with Crippen LogP contribution in [0.1, 0.15) is 38.3 Å². The Morgan fingerprint density at radius 3 is 2.53 bits per heavy atom. The maximum Gasteiger partial charge on any atom is 0.0320 e. The molecule has 106 valence electrons. The Morgan fingerprint density at radius 2 is 1.95 bits per heavy atom.